The molecule has 0 bridgehead atoms. The molecule has 0 N–H and O–H groups in total. The van der Waals surface area contributed by atoms with E-state index in [4.69, 9.17) is 0 Å². The number of aromatic nitrogens is 1. The molecule has 19 heavy (non-hydrogen) atoms. The van der Waals surface area contributed by atoms with Gasteiger partial charge in [0.1, 0.15) is 5.82 Å². The minimum absolute atomic E-state index is 0.177. The molecule has 0 spiro atoms. The van der Waals surface area contributed by atoms with Gasteiger partial charge in [0, 0.05) is 34.3 Å². The Bertz CT molecular complexity index is 676. The number of rotatable bonds is 4. The standard InChI is InChI=1S/C16H14FNS/c17-14-6-7-16-13(12-14)8-9-18(16)10-11-19-15-4-2-1-3-5-15/h1-9,12H,10-11H2. The summed E-state index contributed by atoms with van der Waals surface area (Å²) in [4.78, 5) is 1.28. The van der Waals surface area contributed by atoms with E-state index >= 15 is 0 Å². The van der Waals surface area contributed by atoms with Crippen LogP contribution in [-0.4, -0.2) is 10.3 Å². The topological polar surface area (TPSA) is 4.93 Å². The van der Waals surface area contributed by atoms with Crippen LogP contribution < -0.4 is 0 Å². The lowest BCUT2D eigenvalue weighted by Gasteiger charge is -2.05. The van der Waals surface area contributed by atoms with Crippen LogP contribution >= 0.6 is 11.8 Å². The number of benzene rings is 2. The third kappa shape index (κ3) is 2.82. The third-order valence-electron chi connectivity index (χ3n) is 3.08. The van der Waals surface area contributed by atoms with E-state index in [2.05, 4.69) is 28.8 Å². The molecule has 1 nitrogen and oxygen atoms in total. The lowest BCUT2D eigenvalue weighted by atomic mass is 10.2. The van der Waals surface area contributed by atoms with Crippen LogP contribution in [0.25, 0.3) is 10.9 Å². The normalized spacial score (nSPS) is 11.0. The van der Waals surface area contributed by atoms with Crippen LogP contribution in [0.15, 0.2) is 65.7 Å². The van der Waals surface area contributed by atoms with E-state index in [0.29, 0.717) is 0 Å². The highest BCUT2D eigenvalue weighted by Crippen LogP contribution is 2.20. The molecule has 0 saturated carbocycles. The number of hydrogen-bond donors (Lipinski definition) is 0. The second-order valence-corrected chi connectivity index (χ2v) is 5.54. The molecule has 0 saturated heterocycles. The van der Waals surface area contributed by atoms with Gasteiger partial charge in [0.25, 0.3) is 0 Å². The molecule has 0 aliphatic carbocycles. The molecular formula is C16H14FNS. The largest absolute Gasteiger partial charge is 0.347 e. The maximum absolute atomic E-state index is 13.1. The summed E-state index contributed by atoms with van der Waals surface area (Å²) in [6.07, 6.45) is 2.02. The lowest BCUT2D eigenvalue weighted by Crippen LogP contribution is -1.98. The van der Waals surface area contributed by atoms with Gasteiger partial charge in [0.2, 0.25) is 0 Å². The predicted octanol–water partition coefficient (Wildman–Crippen LogP) is 4.57. The number of thioether (sulfide) groups is 1. The van der Waals surface area contributed by atoms with Gasteiger partial charge in [-0.2, -0.15) is 0 Å². The van der Waals surface area contributed by atoms with Crippen molar-refractivity contribution in [2.75, 3.05) is 5.75 Å². The molecular weight excluding hydrogens is 257 g/mol. The van der Waals surface area contributed by atoms with E-state index in [1.165, 1.54) is 11.0 Å². The zero-order valence-corrected chi connectivity index (χ0v) is 11.2. The van der Waals surface area contributed by atoms with Crippen LogP contribution in [0.1, 0.15) is 0 Å². The Morgan fingerprint density at radius 1 is 1.00 bits per heavy atom. The number of hydrogen-bond acceptors (Lipinski definition) is 1. The molecule has 0 amide bonds. The zero-order chi connectivity index (χ0) is 13.1. The molecule has 2 aromatic carbocycles. The average Bonchev–Trinajstić information content (AvgIpc) is 2.82. The molecule has 1 aromatic heterocycles. The van der Waals surface area contributed by atoms with Crippen LogP contribution in [0.5, 0.6) is 0 Å². The van der Waals surface area contributed by atoms with E-state index in [1.54, 1.807) is 6.07 Å². The van der Waals surface area contributed by atoms with Crippen molar-refractivity contribution in [3.05, 3.63) is 66.6 Å². The van der Waals surface area contributed by atoms with Crippen molar-refractivity contribution in [1.29, 1.82) is 0 Å². The molecule has 0 radical (unpaired) electrons. The fourth-order valence-electron chi connectivity index (χ4n) is 2.14. The number of nitrogens with zero attached hydrogens (tertiary/aromatic N) is 1. The Morgan fingerprint density at radius 2 is 1.84 bits per heavy atom. The molecule has 96 valence electrons. The molecule has 0 fully saturated rings. The SMILES string of the molecule is Fc1ccc2c(ccn2CCSc2ccccc2)c1. The van der Waals surface area contributed by atoms with E-state index in [-0.39, 0.29) is 5.82 Å². The first kappa shape index (κ1) is 12.3. The summed E-state index contributed by atoms with van der Waals surface area (Å²) >= 11 is 1.84. The molecule has 0 atom stereocenters. The van der Waals surface area contributed by atoms with E-state index in [1.807, 2.05) is 36.2 Å². The second-order valence-electron chi connectivity index (χ2n) is 4.37. The first-order valence-corrected chi connectivity index (χ1v) is 7.24. The first-order valence-electron chi connectivity index (χ1n) is 6.25. The van der Waals surface area contributed by atoms with Crippen LogP contribution in [0.4, 0.5) is 4.39 Å². The Hall–Kier alpha value is -1.74. The Morgan fingerprint density at radius 3 is 2.68 bits per heavy atom. The Balaban J connectivity index is 1.69. The van der Waals surface area contributed by atoms with Crippen molar-refractivity contribution in [2.24, 2.45) is 0 Å². The van der Waals surface area contributed by atoms with Crippen molar-refractivity contribution in [3.63, 3.8) is 0 Å². The minimum atomic E-state index is -0.177. The average molecular weight is 271 g/mol. The van der Waals surface area contributed by atoms with Gasteiger partial charge in [-0.15, -0.1) is 11.8 Å². The Kier molecular flexibility index (Phi) is 3.56. The van der Waals surface area contributed by atoms with E-state index in [9.17, 15) is 4.39 Å². The van der Waals surface area contributed by atoms with Crippen molar-refractivity contribution in [2.45, 2.75) is 11.4 Å². The molecule has 1 heterocycles. The summed E-state index contributed by atoms with van der Waals surface area (Å²) in [6.45, 7) is 0.925. The van der Waals surface area contributed by atoms with Gasteiger partial charge in [0.05, 0.1) is 0 Å². The highest BCUT2D eigenvalue weighted by Gasteiger charge is 2.02. The van der Waals surface area contributed by atoms with E-state index in [0.717, 1.165) is 23.2 Å². The Labute approximate surface area is 116 Å². The fraction of sp³-hybridized carbons (Fsp3) is 0.125. The highest BCUT2D eigenvalue weighted by atomic mass is 32.2. The molecule has 0 aliphatic rings. The summed E-state index contributed by atoms with van der Waals surface area (Å²) in [6, 6.07) is 17.3. The van der Waals surface area contributed by atoms with Gasteiger partial charge in [-0.3, -0.25) is 0 Å². The maximum atomic E-state index is 13.1. The van der Waals surface area contributed by atoms with Gasteiger partial charge in [-0.05, 0) is 36.4 Å². The van der Waals surface area contributed by atoms with E-state index < -0.39 is 0 Å². The number of halogens is 1. The minimum Gasteiger partial charge on any atom is -0.347 e. The lowest BCUT2D eigenvalue weighted by molar-refractivity contribution is 0.629. The van der Waals surface area contributed by atoms with Crippen molar-refractivity contribution in [1.82, 2.24) is 4.57 Å². The summed E-state index contributed by atoms with van der Waals surface area (Å²) in [5.74, 6) is 0.828. The van der Waals surface area contributed by atoms with Gasteiger partial charge in [-0.25, -0.2) is 4.39 Å². The molecule has 0 aliphatic heterocycles. The van der Waals surface area contributed by atoms with Gasteiger partial charge in [0.15, 0.2) is 0 Å². The predicted molar refractivity (Wildman–Crippen MR) is 79.1 cm³/mol. The molecule has 3 rings (SSSR count). The van der Waals surface area contributed by atoms with Crippen LogP contribution in [0.2, 0.25) is 0 Å². The summed E-state index contributed by atoms with van der Waals surface area (Å²) in [7, 11) is 0. The van der Waals surface area contributed by atoms with Crippen LogP contribution in [-0.2, 0) is 6.54 Å². The quantitative estimate of drug-likeness (QED) is 0.629. The second kappa shape index (κ2) is 5.49. The number of fused-ring (bicyclic) bond motifs is 1. The fourth-order valence-corrected chi connectivity index (χ4v) is 3.02. The molecule has 3 aromatic rings. The van der Waals surface area contributed by atoms with Gasteiger partial charge < -0.3 is 4.57 Å². The zero-order valence-electron chi connectivity index (χ0n) is 10.4. The van der Waals surface area contributed by atoms with Gasteiger partial charge in [-0.1, -0.05) is 18.2 Å². The van der Waals surface area contributed by atoms with Crippen LogP contribution in [0.3, 0.4) is 0 Å². The van der Waals surface area contributed by atoms with Crippen LogP contribution in [0, 0.1) is 5.82 Å². The summed E-state index contributed by atoms with van der Waals surface area (Å²) < 4.78 is 15.3. The molecule has 0 unspecified atom stereocenters. The van der Waals surface area contributed by atoms with Crippen molar-refractivity contribution < 1.29 is 4.39 Å². The maximum Gasteiger partial charge on any atom is 0.123 e. The monoisotopic (exact) mass is 271 g/mol. The first-order chi connectivity index (χ1) is 9.33. The third-order valence-corrected chi connectivity index (χ3v) is 4.07. The highest BCUT2D eigenvalue weighted by molar-refractivity contribution is 7.99. The molecule has 3 heteroatoms. The smallest absolute Gasteiger partial charge is 0.123 e. The van der Waals surface area contributed by atoms with Gasteiger partial charge >= 0.3 is 0 Å². The summed E-state index contributed by atoms with van der Waals surface area (Å²) in [5.41, 5.74) is 1.09. The summed E-state index contributed by atoms with van der Waals surface area (Å²) in [5, 5.41) is 0.963. The number of aryl methyl sites for hydroxylation is 1. The van der Waals surface area contributed by atoms with Crippen molar-refractivity contribution in [3.8, 4) is 0 Å². The van der Waals surface area contributed by atoms with Crippen molar-refractivity contribution >= 4 is 22.7 Å².